The van der Waals surface area contributed by atoms with Crippen molar-refractivity contribution >= 4 is 29.3 Å². The zero-order valence-corrected chi connectivity index (χ0v) is 15.1. The summed E-state index contributed by atoms with van der Waals surface area (Å²) in [4.78, 5) is 37.8. The Morgan fingerprint density at radius 3 is 2.29 bits per heavy atom. The lowest BCUT2D eigenvalue weighted by Crippen LogP contribution is -2.40. The van der Waals surface area contributed by atoms with E-state index in [4.69, 9.17) is 11.6 Å². The molecule has 0 aliphatic carbocycles. The first-order valence-corrected chi connectivity index (χ1v) is 8.67. The molecule has 3 amide bonds. The molecule has 2 heterocycles. The third-order valence-electron chi connectivity index (χ3n) is 4.23. The fraction of sp³-hybridized carbons (Fsp3) is 0.111. The molecule has 1 aromatic heterocycles. The molecule has 0 radical (unpaired) electrons. The summed E-state index contributed by atoms with van der Waals surface area (Å²) in [5, 5.41) is 14.6. The first kappa shape index (κ1) is 17.8. The number of carbonyl (C=O) groups is 3. The molecule has 0 unspecified atom stereocenters. The molecule has 28 heavy (non-hydrogen) atoms. The molecule has 0 fully saturated rings. The number of fused-ring (bicyclic) bond motifs is 1. The van der Waals surface area contributed by atoms with E-state index in [2.05, 4.69) is 20.8 Å². The van der Waals surface area contributed by atoms with Gasteiger partial charge in [-0.2, -0.15) is 4.68 Å². The van der Waals surface area contributed by atoms with Crippen LogP contribution in [0.5, 0.6) is 0 Å². The van der Waals surface area contributed by atoms with Crippen molar-refractivity contribution in [3.05, 3.63) is 70.5 Å². The van der Waals surface area contributed by atoms with Gasteiger partial charge in [-0.05, 0) is 46.8 Å². The molecule has 0 saturated carbocycles. The van der Waals surface area contributed by atoms with E-state index in [1.54, 1.807) is 48.5 Å². The molecule has 1 N–H and O–H groups in total. The minimum atomic E-state index is -0.500. The van der Waals surface area contributed by atoms with Crippen LogP contribution in [-0.4, -0.2) is 49.4 Å². The van der Waals surface area contributed by atoms with E-state index in [1.807, 2.05) is 0 Å². The molecule has 1 aliphatic rings. The summed E-state index contributed by atoms with van der Waals surface area (Å²) < 4.78 is 1.46. The summed E-state index contributed by atoms with van der Waals surface area (Å²) in [6, 6.07) is 13.3. The number of hydrogen-bond donors (Lipinski definition) is 1. The van der Waals surface area contributed by atoms with Crippen LogP contribution in [0.1, 0.15) is 26.5 Å². The summed E-state index contributed by atoms with van der Waals surface area (Å²) >= 11 is 5.88. The lowest BCUT2D eigenvalue weighted by Gasteiger charge is -2.13. The highest BCUT2D eigenvalue weighted by Crippen LogP contribution is 2.22. The van der Waals surface area contributed by atoms with Crippen molar-refractivity contribution in [2.75, 3.05) is 6.54 Å². The number of hydrogen-bond acceptors (Lipinski definition) is 6. The molecule has 0 spiro atoms. The number of tetrazole rings is 1. The topological polar surface area (TPSA) is 110 Å². The van der Waals surface area contributed by atoms with E-state index in [0.29, 0.717) is 27.7 Å². The predicted octanol–water partition coefficient (Wildman–Crippen LogP) is 1.23. The lowest BCUT2D eigenvalue weighted by atomic mass is 10.1. The molecule has 1 aliphatic heterocycles. The van der Waals surface area contributed by atoms with Crippen LogP contribution < -0.4 is 5.32 Å². The van der Waals surface area contributed by atoms with Crippen molar-refractivity contribution in [1.29, 1.82) is 0 Å². The number of nitrogens with zero attached hydrogens (tertiary/aromatic N) is 5. The van der Waals surface area contributed by atoms with Gasteiger partial charge in [-0.25, -0.2) is 0 Å². The van der Waals surface area contributed by atoms with Crippen LogP contribution in [-0.2, 0) is 11.3 Å². The highest BCUT2D eigenvalue weighted by atomic mass is 35.5. The summed E-state index contributed by atoms with van der Waals surface area (Å²) in [7, 11) is 0. The van der Waals surface area contributed by atoms with E-state index in [-0.39, 0.29) is 13.1 Å². The van der Waals surface area contributed by atoms with Crippen LogP contribution in [0.15, 0.2) is 48.5 Å². The number of carbonyl (C=O) groups excluding carboxylic acids is 3. The second-order valence-corrected chi connectivity index (χ2v) is 6.44. The molecule has 0 atom stereocenters. The fourth-order valence-corrected chi connectivity index (χ4v) is 2.98. The Labute approximate surface area is 163 Å². The van der Waals surface area contributed by atoms with Crippen molar-refractivity contribution in [3.8, 4) is 5.69 Å². The number of imide groups is 1. The highest BCUT2D eigenvalue weighted by Gasteiger charge is 2.36. The molecule has 2 aromatic carbocycles. The van der Waals surface area contributed by atoms with E-state index in [1.165, 1.54) is 4.68 Å². The Kier molecular flexibility index (Phi) is 4.58. The largest absolute Gasteiger partial charge is 0.347 e. The molecule has 140 valence electrons. The van der Waals surface area contributed by atoms with Crippen LogP contribution in [0.2, 0.25) is 5.02 Å². The number of nitrogens with one attached hydrogen (secondary N) is 1. The zero-order chi connectivity index (χ0) is 19.7. The Bertz CT molecular complexity index is 1040. The number of amides is 3. The van der Waals surface area contributed by atoms with Gasteiger partial charge in [0.15, 0.2) is 5.82 Å². The van der Waals surface area contributed by atoms with Gasteiger partial charge >= 0.3 is 0 Å². The zero-order valence-electron chi connectivity index (χ0n) is 14.4. The molecular formula is C18H13ClN6O3. The molecule has 3 aromatic rings. The Hall–Kier alpha value is -3.59. The minimum absolute atomic E-state index is 0.0254. The molecule has 4 rings (SSSR count). The monoisotopic (exact) mass is 396 g/mol. The van der Waals surface area contributed by atoms with Crippen molar-refractivity contribution in [1.82, 2.24) is 30.4 Å². The first-order valence-electron chi connectivity index (χ1n) is 8.29. The van der Waals surface area contributed by atoms with Crippen molar-refractivity contribution in [2.24, 2.45) is 0 Å². The maximum atomic E-state index is 12.3. The molecule has 0 bridgehead atoms. The van der Waals surface area contributed by atoms with E-state index < -0.39 is 17.7 Å². The van der Waals surface area contributed by atoms with Gasteiger partial charge in [-0.15, -0.1) is 5.10 Å². The van der Waals surface area contributed by atoms with Crippen molar-refractivity contribution in [2.45, 2.75) is 6.54 Å². The Morgan fingerprint density at radius 1 is 1.00 bits per heavy atom. The number of benzene rings is 2. The lowest BCUT2D eigenvalue weighted by molar-refractivity contribution is -0.121. The third-order valence-corrected chi connectivity index (χ3v) is 4.48. The van der Waals surface area contributed by atoms with Crippen molar-refractivity contribution in [3.63, 3.8) is 0 Å². The normalized spacial score (nSPS) is 13.0. The quantitative estimate of drug-likeness (QED) is 0.649. The summed E-state index contributed by atoms with van der Waals surface area (Å²) in [5.74, 6) is -1.08. The average Bonchev–Trinajstić information content (AvgIpc) is 3.26. The van der Waals surface area contributed by atoms with Gasteiger partial charge in [0.1, 0.15) is 6.54 Å². The van der Waals surface area contributed by atoms with Gasteiger partial charge in [0.2, 0.25) is 5.91 Å². The van der Waals surface area contributed by atoms with Gasteiger partial charge in [0.05, 0.1) is 23.4 Å². The van der Waals surface area contributed by atoms with Gasteiger partial charge < -0.3 is 5.32 Å². The van der Waals surface area contributed by atoms with Crippen molar-refractivity contribution < 1.29 is 14.4 Å². The fourth-order valence-electron chi connectivity index (χ4n) is 2.86. The molecule has 10 heteroatoms. The van der Waals surface area contributed by atoms with Gasteiger partial charge in [-0.3, -0.25) is 19.3 Å². The van der Waals surface area contributed by atoms with E-state index >= 15 is 0 Å². The van der Waals surface area contributed by atoms with Gasteiger partial charge in [0.25, 0.3) is 11.8 Å². The smallest absolute Gasteiger partial charge is 0.262 e. The highest BCUT2D eigenvalue weighted by molar-refractivity contribution is 6.30. The van der Waals surface area contributed by atoms with Crippen LogP contribution in [0, 0.1) is 0 Å². The maximum absolute atomic E-state index is 12.3. The number of aromatic nitrogens is 4. The van der Waals surface area contributed by atoms with Gasteiger partial charge in [-0.1, -0.05) is 23.7 Å². The standard InChI is InChI=1S/C18H13ClN6O3/c19-11-5-7-12(8-6-11)25-15(21-22-23-25)9-20-16(26)10-24-17(27)13-3-1-2-4-14(13)18(24)28/h1-8H,9-10H2,(H,20,26). The minimum Gasteiger partial charge on any atom is -0.347 e. The van der Waals surface area contributed by atoms with Crippen LogP contribution >= 0.6 is 11.6 Å². The van der Waals surface area contributed by atoms with Crippen LogP contribution in [0.4, 0.5) is 0 Å². The predicted molar refractivity (Wildman–Crippen MR) is 97.8 cm³/mol. The Balaban J connectivity index is 1.41. The summed E-state index contributed by atoms with van der Waals surface area (Å²) in [5.41, 5.74) is 1.28. The maximum Gasteiger partial charge on any atom is 0.262 e. The van der Waals surface area contributed by atoms with E-state index in [0.717, 1.165) is 4.90 Å². The van der Waals surface area contributed by atoms with E-state index in [9.17, 15) is 14.4 Å². The second-order valence-electron chi connectivity index (χ2n) is 6.00. The number of rotatable bonds is 5. The summed E-state index contributed by atoms with van der Waals surface area (Å²) in [6.07, 6.45) is 0. The Morgan fingerprint density at radius 2 is 1.64 bits per heavy atom. The first-order chi connectivity index (χ1) is 13.5. The summed E-state index contributed by atoms with van der Waals surface area (Å²) in [6.45, 7) is -0.355. The van der Waals surface area contributed by atoms with Crippen LogP contribution in [0.25, 0.3) is 5.69 Å². The van der Waals surface area contributed by atoms with Gasteiger partial charge in [0, 0.05) is 5.02 Å². The third kappa shape index (κ3) is 3.23. The van der Waals surface area contributed by atoms with Crippen LogP contribution in [0.3, 0.4) is 0 Å². The second kappa shape index (κ2) is 7.20. The SMILES string of the molecule is O=C(CN1C(=O)c2ccccc2C1=O)NCc1nnnn1-c1ccc(Cl)cc1. The average molecular weight is 397 g/mol. The molecular weight excluding hydrogens is 384 g/mol. The molecule has 0 saturated heterocycles. The molecule has 9 nitrogen and oxygen atoms in total. The number of halogens is 1.